The summed E-state index contributed by atoms with van der Waals surface area (Å²) in [6, 6.07) is 29.6. The molecule has 2 heteroatoms. The molecule has 0 saturated heterocycles. The van der Waals surface area contributed by atoms with Crippen LogP contribution in [-0.2, 0) is 0 Å². The van der Waals surface area contributed by atoms with E-state index in [4.69, 9.17) is 4.98 Å². The molecule has 124 valence electrons. The molecule has 26 heavy (non-hydrogen) atoms. The summed E-state index contributed by atoms with van der Waals surface area (Å²) in [7, 11) is 0. The predicted octanol–water partition coefficient (Wildman–Crippen LogP) is 6.59. The molecule has 0 spiro atoms. The summed E-state index contributed by atoms with van der Waals surface area (Å²) in [5, 5.41) is 8.31. The first kappa shape index (κ1) is 14.9. The molecule has 5 rings (SSSR count). The summed E-state index contributed by atoms with van der Waals surface area (Å²) in [5.41, 5.74) is 5.50. The number of anilines is 2. The van der Waals surface area contributed by atoms with Crippen molar-refractivity contribution in [2.75, 3.05) is 5.32 Å². The molecule has 0 unspecified atom stereocenters. The van der Waals surface area contributed by atoms with Gasteiger partial charge in [0, 0.05) is 21.8 Å². The van der Waals surface area contributed by atoms with Crippen molar-refractivity contribution in [3.8, 4) is 0 Å². The largest absolute Gasteiger partial charge is 0.354 e. The van der Waals surface area contributed by atoms with Gasteiger partial charge in [-0.15, -0.1) is 0 Å². The van der Waals surface area contributed by atoms with Crippen LogP contribution >= 0.6 is 0 Å². The van der Waals surface area contributed by atoms with Gasteiger partial charge in [-0.05, 0) is 30.5 Å². The zero-order valence-corrected chi connectivity index (χ0v) is 14.5. The average Bonchev–Trinajstić information content (AvgIpc) is 2.69. The minimum Gasteiger partial charge on any atom is -0.354 e. The highest BCUT2D eigenvalue weighted by molar-refractivity contribution is 6.16. The van der Waals surface area contributed by atoms with E-state index in [2.05, 4.69) is 91.1 Å². The Kier molecular flexibility index (Phi) is 3.36. The van der Waals surface area contributed by atoms with Crippen molar-refractivity contribution in [1.82, 2.24) is 4.98 Å². The molecule has 0 atom stereocenters. The lowest BCUT2D eigenvalue weighted by molar-refractivity contribution is 1.46. The van der Waals surface area contributed by atoms with Gasteiger partial charge in [0.2, 0.25) is 0 Å². The van der Waals surface area contributed by atoms with Gasteiger partial charge in [0.1, 0.15) is 0 Å². The van der Waals surface area contributed by atoms with Crippen molar-refractivity contribution in [2.24, 2.45) is 0 Å². The number of fused-ring (bicyclic) bond motifs is 4. The molecule has 0 amide bonds. The number of aromatic nitrogens is 1. The highest BCUT2D eigenvalue weighted by atomic mass is 14.9. The quantitative estimate of drug-likeness (QED) is 0.291. The van der Waals surface area contributed by atoms with Crippen molar-refractivity contribution >= 4 is 44.0 Å². The summed E-state index contributed by atoms with van der Waals surface area (Å²) < 4.78 is 0. The smallest absolute Gasteiger partial charge is 0.0808 e. The molecule has 0 aliphatic carbocycles. The van der Waals surface area contributed by atoms with Crippen LogP contribution in [0.25, 0.3) is 32.6 Å². The van der Waals surface area contributed by atoms with Crippen LogP contribution in [0, 0.1) is 6.92 Å². The standard InChI is InChI=1S/C24H18N2/c1-16-10-13-18(14-11-16)25-24-20-8-4-5-9-22(20)26-23-19-7-3-2-6-17(19)12-15-21(23)24/h2-15H,1H3,(H,25,26). The van der Waals surface area contributed by atoms with Crippen molar-refractivity contribution < 1.29 is 0 Å². The molecule has 0 aliphatic rings. The monoisotopic (exact) mass is 334 g/mol. The first-order valence-electron chi connectivity index (χ1n) is 8.83. The van der Waals surface area contributed by atoms with Gasteiger partial charge in [-0.1, -0.05) is 72.3 Å². The Morgan fingerprint density at radius 1 is 0.654 bits per heavy atom. The second-order valence-electron chi connectivity index (χ2n) is 6.68. The first-order valence-corrected chi connectivity index (χ1v) is 8.83. The Hall–Kier alpha value is -3.39. The molecule has 0 radical (unpaired) electrons. The Morgan fingerprint density at radius 3 is 2.23 bits per heavy atom. The molecular weight excluding hydrogens is 316 g/mol. The summed E-state index contributed by atoms with van der Waals surface area (Å²) >= 11 is 0. The van der Waals surface area contributed by atoms with E-state index in [0.29, 0.717) is 0 Å². The lowest BCUT2D eigenvalue weighted by Crippen LogP contribution is -1.96. The number of aryl methyl sites for hydroxylation is 1. The number of rotatable bonds is 2. The number of hydrogen-bond donors (Lipinski definition) is 1. The van der Waals surface area contributed by atoms with E-state index < -0.39 is 0 Å². The zero-order valence-electron chi connectivity index (χ0n) is 14.5. The van der Waals surface area contributed by atoms with Crippen LogP contribution in [0.4, 0.5) is 11.4 Å². The van der Waals surface area contributed by atoms with E-state index in [1.807, 2.05) is 6.07 Å². The van der Waals surface area contributed by atoms with Gasteiger partial charge in [-0.2, -0.15) is 0 Å². The molecular formula is C24H18N2. The van der Waals surface area contributed by atoms with Gasteiger partial charge in [0.05, 0.1) is 16.7 Å². The third kappa shape index (κ3) is 2.39. The fourth-order valence-corrected chi connectivity index (χ4v) is 3.54. The van der Waals surface area contributed by atoms with Crippen molar-refractivity contribution in [3.05, 3.63) is 90.5 Å². The van der Waals surface area contributed by atoms with Gasteiger partial charge in [-0.25, -0.2) is 4.98 Å². The zero-order chi connectivity index (χ0) is 17.5. The number of benzene rings is 4. The second-order valence-corrected chi connectivity index (χ2v) is 6.68. The van der Waals surface area contributed by atoms with Crippen LogP contribution in [-0.4, -0.2) is 4.98 Å². The van der Waals surface area contributed by atoms with Crippen molar-refractivity contribution in [2.45, 2.75) is 6.92 Å². The van der Waals surface area contributed by atoms with Gasteiger partial charge in [0.25, 0.3) is 0 Å². The maximum atomic E-state index is 4.98. The van der Waals surface area contributed by atoms with E-state index in [9.17, 15) is 0 Å². The second kappa shape index (κ2) is 5.85. The van der Waals surface area contributed by atoms with Gasteiger partial charge in [-0.3, -0.25) is 0 Å². The summed E-state index contributed by atoms with van der Waals surface area (Å²) in [6.07, 6.45) is 0. The Bertz CT molecular complexity index is 1250. The fraction of sp³-hybridized carbons (Fsp3) is 0.0417. The van der Waals surface area contributed by atoms with Crippen LogP contribution in [0.5, 0.6) is 0 Å². The number of para-hydroxylation sites is 1. The summed E-state index contributed by atoms with van der Waals surface area (Å²) in [6.45, 7) is 2.10. The summed E-state index contributed by atoms with van der Waals surface area (Å²) in [4.78, 5) is 4.98. The lowest BCUT2D eigenvalue weighted by atomic mass is 10.0. The molecule has 5 aromatic rings. The van der Waals surface area contributed by atoms with Gasteiger partial charge >= 0.3 is 0 Å². The molecule has 4 aromatic carbocycles. The molecule has 0 fully saturated rings. The normalized spacial score (nSPS) is 11.3. The van der Waals surface area contributed by atoms with Crippen LogP contribution in [0.15, 0.2) is 84.9 Å². The van der Waals surface area contributed by atoms with E-state index >= 15 is 0 Å². The molecule has 0 aliphatic heterocycles. The third-order valence-corrected chi connectivity index (χ3v) is 4.90. The Morgan fingerprint density at radius 2 is 1.38 bits per heavy atom. The van der Waals surface area contributed by atoms with E-state index in [-0.39, 0.29) is 0 Å². The minimum atomic E-state index is 1.01. The third-order valence-electron chi connectivity index (χ3n) is 4.90. The molecule has 0 saturated carbocycles. The SMILES string of the molecule is Cc1ccc(Nc2c3ccccc3nc3c2ccc2ccccc23)cc1. The minimum absolute atomic E-state index is 1.01. The molecule has 0 bridgehead atoms. The number of hydrogen-bond acceptors (Lipinski definition) is 2. The molecule has 2 nitrogen and oxygen atoms in total. The molecule has 1 heterocycles. The van der Waals surface area contributed by atoms with E-state index in [0.717, 1.165) is 33.2 Å². The summed E-state index contributed by atoms with van der Waals surface area (Å²) in [5.74, 6) is 0. The van der Waals surface area contributed by atoms with Crippen molar-refractivity contribution in [3.63, 3.8) is 0 Å². The van der Waals surface area contributed by atoms with Crippen LogP contribution in [0.1, 0.15) is 5.56 Å². The maximum Gasteiger partial charge on any atom is 0.0808 e. The maximum absolute atomic E-state index is 4.98. The van der Waals surface area contributed by atoms with Crippen LogP contribution in [0.2, 0.25) is 0 Å². The molecule has 1 aromatic heterocycles. The van der Waals surface area contributed by atoms with E-state index in [1.54, 1.807) is 0 Å². The van der Waals surface area contributed by atoms with Crippen LogP contribution in [0.3, 0.4) is 0 Å². The molecule has 1 N–H and O–H groups in total. The number of nitrogens with zero attached hydrogens (tertiary/aromatic N) is 1. The highest BCUT2D eigenvalue weighted by Gasteiger charge is 2.11. The lowest BCUT2D eigenvalue weighted by Gasteiger charge is -2.15. The van der Waals surface area contributed by atoms with Crippen LogP contribution < -0.4 is 5.32 Å². The number of pyridine rings is 1. The Balaban J connectivity index is 1.85. The highest BCUT2D eigenvalue weighted by Crippen LogP contribution is 2.36. The average molecular weight is 334 g/mol. The van der Waals surface area contributed by atoms with Gasteiger partial charge in [0.15, 0.2) is 0 Å². The first-order chi connectivity index (χ1) is 12.8. The Labute approximate surface area is 152 Å². The number of nitrogens with one attached hydrogen (secondary N) is 1. The fourth-order valence-electron chi connectivity index (χ4n) is 3.54. The van der Waals surface area contributed by atoms with E-state index in [1.165, 1.54) is 16.3 Å². The van der Waals surface area contributed by atoms with Crippen molar-refractivity contribution in [1.29, 1.82) is 0 Å². The predicted molar refractivity (Wildman–Crippen MR) is 111 cm³/mol. The topological polar surface area (TPSA) is 24.9 Å². The van der Waals surface area contributed by atoms with Gasteiger partial charge < -0.3 is 5.32 Å².